The molecule has 1 aromatic carbocycles. The van der Waals surface area contributed by atoms with Crippen LogP contribution < -0.4 is 10.6 Å². The zero-order valence-electron chi connectivity index (χ0n) is 15.1. The maximum absolute atomic E-state index is 12.3. The third kappa shape index (κ3) is 4.60. The van der Waals surface area contributed by atoms with Crippen molar-refractivity contribution in [2.45, 2.75) is 25.7 Å². The molecule has 2 atom stereocenters. The van der Waals surface area contributed by atoms with E-state index in [0.717, 1.165) is 5.56 Å². The molecule has 2 N–H and O–H groups in total. The van der Waals surface area contributed by atoms with Gasteiger partial charge in [-0.05, 0) is 18.6 Å². The van der Waals surface area contributed by atoms with Crippen LogP contribution in [-0.2, 0) is 16.1 Å². The van der Waals surface area contributed by atoms with Crippen LogP contribution in [0.5, 0.6) is 0 Å². The molecule has 3 rings (SSSR count). The second kappa shape index (κ2) is 8.31. The van der Waals surface area contributed by atoms with Crippen molar-refractivity contribution in [2.75, 3.05) is 7.05 Å². The van der Waals surface area contributed by atoms with E-state index in [1.165, 1.54) is 17.3 Å². The van der Waals surface area contributed by atoms with E-state index < -0.39 is 18.3 Å². The summed E-state index contributed by atoms with van der Waals surface area (Å²) < 4.78 is 5.25. The number of nitrogens with one attached hydrogen (secondary N) is 2. The van der Waals surface area contributed by atoms with Crippen LogP contribution in [0.4, 0.5) is 4.79 Å². The van der Waals surface area contributed by atoms with E-state index in [0.29, 0.717) is 11.4 Å². The van der Waals surface area contributed by atoms with E-state index >= 15 is 0 Å². The van der Waals surface area contributed by atoms with Crippen LogP contribution in [0.1, 0.15) is 18.2 Å². The molecule has 0 fully saturated rings. The average Bonchev–Trinajstić information content (AvgIpc) is 2.69. The smallest absolute Gasteiger partial charge is 0.407 e. The number of likely N-dealkylation sites (N-methyl/N-ethyl adjacent to an activating group) is 1. The van der Waals surface area contributed by atoms with Gasteiger partial charge in [-0.1, -0.05) is 30.3 Å². The van der Waals surface area contributed by atoms with Gasteiger partial charge in [-0.3, -0.25) is 4.79 Å². The molecule has 0 radical (unpaired) electrons. The largest absolute Gasteiger partial charge is 0.445 e. The molecule has 0 spiro atoms. The minimum absolute atomic E-state index is 0.179. The van der Waals surface area contributed by atoms with Crippen molar-refractivity contribution in [2.24, 2.45) is 0 Å². The van der Waals surface area contributed by atoms with Crippen LogP contribution in [-0.4, -0.2) is 46.1 Å². The number of carbonyl (C=O) groups excluding carboxylic acids is 2. The van der Waals surface area contributed by atoms with Gasteiger partial charge < -0.3 is 20.3 Å². The summed E-state index contributed by atoms with van der Waals surface area (Å²) in [5, 5.41) is 6.00. The lowest BCUT2D eigenvalue weighted by Crippen LogP contribution is -2.59. The summed E-state index contributed by atoms with van der Waals surface area (Å²) in [5.41, 5.74) is 2.09. The van der Waals surface area contributed by atoms with Gasteiger partial charge in [0.05, 0.1) is 17.4 Å². The van der Waals surface area contributed by atoms with Gasteiger partial charge in [0, 0.05) is 19.3 Å². The Morgan fingerprint density at radius 3 is 2.81 bits per heavy atom. The van der Waals surface area contributed by atoms with Gasteiger partial charge in [0.2, 0.25) is 5.91 Å². The number of nitrogens with zero attached hydrogens (tertiary/aromatic N) is 3. The number of alkyl carbamates (subject to hydrolysis) is 1. The molecule has 0 saturated carbocycles. The molecular weight excluding hydrogens is 346 g/mol. The first kappa shape index (κ1) is 18.4. The number of amides is 2. The fourth-order valence-electron chi connectivity index (χ4n) is 2.75. The quantitative estimate of drug-likeness (QED) is 0.832. The van der Waals surface area contributed by atoms with Crippen molar-refractivity contribution in [3.63, 3.8) is 0 Å². The molecule has 8 nitrogen and oxygen atoms in total. The van der Waals surface area contributed by atoms with Gasteiger partial charge in [0.1, 0.15) is 19.1 Å². The fourth-order valence-corrected chi connectivity index (χ4v) is 2.75. The lowest BCUT2D eigenvalue weighted by atomic mass is 10.1. The molecule has 2 heterocycles. The van der Waals surface area contributed by atoms with Crippen molar-refractivity contribution in [1.29, 1.82) is 0 Å². The first-order valence-electron chi connectivity index (χ1n) is 8.53. The van der Waals surface area contributed by atoms with E-state index in [2.05, 4.69) is 20.6 Å². The highest BCUT2D eigenvalue weighted by molar-refractivity contribution is 5.96. The number of ether oxygens (including phenoxy) is 1. The fraction of sp³-hybridized carbons (Fsp3) is 0.263. The van der Waals surface area contributed by atoms with Gasteiger partial charge in [0.25, 0.3) is 0 Å². The molecule has 2 aromatic rings. The highest BCUT2D eigenvalue weighted by atomic mass is 16.5. The predicted molar refractivity (Wildman–Crippen MR) is 98.9 cm³/mol. The molecule has 2 amide bonds. The predicted octanol–water partition coefficient (Wildman–Crippen LogP) is 1.52. The third-order valence-corrected chi connectivity index (χ3v) is 4.23. The van der Waals surface area contributed by atoms with Crippen molar-refractivity contribution < 1.29 is 14.3 Å². The van der Waals surface area contributed by atoms with Crippen molar-refractivity contribution >= 4 is 17.7 Å². The number of carbonyl (C=O) groups is 2. The monoisotopic (exact) mass is 367 g/mol. The van der Waals surface area contributed by atoms with E-state index in [1.54, 1.807) is 26.2 Å². The van der Waals surface area contributed by atoms with Crippen LogP contribution in [0.15, 0.2) is 55.0 Å². The Balaban J connectivity index is 1.61. The second-order valence-corrected chi connectivity index (χ2v) is 6.19. The van der Waals surface area contributed by atoms with Crippen LogP contribution >= 0.6 is 0 Å². The summed E-state index contributed by atoms with van der Waals surface area (Å²) in [6.45, 7) is 1.98. The van der Waals surface area contributed by atoms with E-state index in [-0.39, 0.29) is 12.5 Å². The minimum atomic E-state index is -0.549. The first-order valence-corrected chi connectivity index (χ1v) is 8.53. The molecule has 1 aliphatic heterocycles. The van der Waals surface area contributed by atoms with Crippen LogP contribution in [0.3, 0.4) is 0 Å². The van der Waals surface area contributed by atoms with E-state index in [4.69, 9.17) is 4.74 Å². The Labute approximate surface area is 157 Å². The van der Waals surface area contributed by atoms with Crippen LogP contribution in [0, 0.1) is 0 Å². The SMILES string of the molecule is C[C@H](NC(=O)OCc1ccccc1)C1NC(c2ccncn2)=CC(=O)N1C. The molecule has 0 saturated heterocycles. The van der Waals surface area contributed by atoms with Crippen molar-refractivity contribution in [1.82, 2.24) is 25.5 Å². The lowest BCUT2D eigenvalue weighted by Gasteiger charge is -2.37. The molecule has 1 aliphatic rings. The zero-order chi connectivity index (χ0) is 19.2. The molecule has 8 heteroatoms. The number of aromatic nitrogens is 2. The maximum Gasteiger partial charge on any atom is 0.407 e. The Morgan fingerprint density at radius 1 is 1.33 bits per heavy atom. The highest BCUT2D eigenvalue weighted by Gasteiger charge is 2.31. The lowest BCUT2D eigenvalue weighted by molar-refractivity contribution is -0.128. The molecule has 0 bridgehead atoms. The van der Waals surface area contributed by atoms with E-state index in [1.807, 2.05) is 30.3 Å². The number of rotatable bonds is 5. The maximum atomic E-state index is 12.3. The standard InChI is InChI=1S/C19H21N5O3/c1-13(22-19(26)27-11-14-6-4-3-5-7-14)18-23-16(10-17(25)24(18)2)15-8-9-20-12-21-15/h3-10,12-13,18,23H,11H2,1-2H3,(H,22,26)/t13-,18?/m0/s1. The Hall–Kier alpha value is -3.42. The van der Waals surface area contributed by atoms with Gasteiger partial charge in [-0.2, -0.15) is 0 Å². The van der Waals surface area contributed by atoms with E-state index in [9.17, 15) is 9.59 Å². The van der Waals surface area contributed by atoms with Gasteiger partial charge in [0.15, 0.2) is 0 Å². The van der Waals surface area contributed by atoms with Crippen molar-refractivity contribution in [3.05, 3.63) is 66.3 Å². The zero-order valence-corrected chi connectivity index (χ0v) is 15.1. The summed E-state index contributed by atoms with van der Waals surface area (Å²) in [5.74, 6) is -0.182. The molecular formula is C19H21N5O3. The van der Waals surface area contributed by atoms with Crippen LogP contribution in [0.2, 0.25) is 0 Å². The van der Waals surface area contributed by atoms with Gasteiger partial charge in [-0.25, -0.2) is 14.8 Å². The Morgan fingerprint density at radius 2 is 2.11 bits per heavy atom. The molecule has 0 aliphatic carbocycles. The Bertz CT molecular complexity index is 826. The minimum Gasteiger partial charge on any atom is -0.445 e. The molecule has 140 valence electrons. The van der Waals surface area contributed by atoms with Crippen LogP contribution in [0.25, 0.3) is 5.70 Å². The summed E-state index contributed by atoms with van der Waals surface area (Å²) in [7, 11) is 1.67. The number of hydrogen-bond acceptors (Lipinski definition) is 6. The van der Waals surface area contributed by atoms with Gasteiger partial charge >= 0.3 is 6.09 Å². The summed E-state index contributed by atoms with van der Waals surface area (Å²) >= 11 is 0. The topological polar surface area (TPSA) is 96.5 Å². The Kier molecular flexibility index (Phi) is 5.65. The third-order valence-electron chi connectivity index (χ3n) is 4.23. The molecule has 27 heavy (non-hydrogen) atoms. The molecule has 1 unspecified atom stereocenters. The average molecular weight is 367 g/mol. The van der Waals surface area contributed by atoms with Gasteiger partial charge in [-0.15, -0.1) is 0 Å². The summed E-state index contributed by atoms with van der Waals surface area (Å²) in [6, 6.07) is 10.7. The molecule has 1 aromatic heterocycles. The number of hydrogen-bond donors (Lipinski definition) is 2. The first-order chi connectivity index (χ1) is 13.0. The summed E-state index contributed by atoms with van der Waals surface area (Å²) in [6.07, 6.45) is 3.49. The summed E-state index contributed by atoms with van der Waals surface area (Å²) in [4.78, 5) is 34.0. The van der Waals surface area contributed by atoms with Crippen molar-refractivity contribution in [3.8, 4) is 0 Å². The highest BCUT2D eigenvalue weighted by Crippen LogP contribution is 2.17. The second-order valence-electron chi connectivity index (χ2n) is 6.19. The number of benzene rings is 1. The normalized spacial score (nSPS) is 17.6.